The third-order valence-electron chi connectivity index (χ3n) is 5.59. The quantitative estimate of drug-likeness (QED) is 0.405. The number of allylic oxidation sites excluding steroid dienone is 2. The molecule has 0 saturated carbocycles. The standard InChI is InChI=1S/C22H18ClF6N9O2/c1-10-6-11(24)7-13(18(39)30-2)16(10)32-19(40)15-8-12(34-38(15)17-14(23)4-3-5-31-17)9-37-35-20(33-36-37)21(25,26)22(27,28)29/h3-6,8,11H,7,9H2,1-2H3,(H,30,39)(H,32,40). The fourth-order valence-corrected chi connectivity index (χ4v) is 3.93. The largest absolute Gasteiger partial charge is 0.461 e. The van der Waals surface area contributed by atoms with E-state index in [1.165, 1.54) is 38.4 Å². The Labute approximate surface area is 225 Å². The summed E-state index contributed by atoms with van der Waals surface area (Å²) in [5.74, 6) is -8.72. The highest BCUT2D eigenvalue weighted by Gasteiger charge is 2.62. The maximum atomic E-state index is 14.1. The Morgan fingerprint density at radius 2 is 1.90 bits per heavy atom. The van der Waals surface area contributed by atoms with Gasteiger partial charge in [0.15, 0.2) is 5.82 Å². The van der Waals surface area contributed by atoms with Crippen LogP contribution in [0, 0.1) is 0 Å². The third kappa shape index (κ3) is 5.54. The van der Waals surface area contributed by atoms with Crippen LogP contribution in [0.4, 0.5) is 26.3 Å². The van der Waals surface area contributed by atoms with Crippen molar-refractivity contribution in [3.05, 3.63) is 69.6 Å². The predicted octanol–water partition coefficient (Wildman–Crippen LogP) is 3.03. The van der Waals surface area contributed by atoms with E-state index in [1.807, 2.05) is 0 Å². The molecule has 2 N–H and O–H groups in total. The molecule has 3 heterocycles. The second kappa shape index (κ2) is 10.7. The smallest absolute Gasteiger partial charge is 0.355 e. The van der Waals surface area contributed by atoms with Gasteiger partial charge in [0.1, 0.15) is 18.4 Å². The molecular weight excluding hydrogens is 572 g/mol. The molecule has 1 aliphatic carbocycles. The van der Waals surface area contributed by atoms with Gasteiger partial charge in [-0.1, -0.05) is 11.6 Å². The van der Waals surface area contributed by atoms with Crippen LogP contribution in [0.3, 0.4) is 0 Å². The van der Waals surface area contributed by atoms with E-state index in [-0.39, 0.29) is 45.5 Å². The molecule has 0 bridgehead atoms. The summed E-state index contributed by atoms with van der Waals surface area (Å²) in [7, 11) is 1.34. The summed E-state index contributed by atoms with van der Waals surface area (Å²) in [4.78, 5) is 30.3. The number of hydrogen-bond donors (Lipinski definition) is 2. The van der Waals surface area contributed by atoms with Crippen LogP contribution in [-0.2, 0) is 17.3 Å². The summed E-state index contributed by atoms with van der Waals surface area (Å²) in [5, 5.41) is 18.3. The summed E-state index contributed by atoms with van der Waals surface area (Å²) in [6.07, 6.45) is -5.13. The van der Waals surface area contributed by atoms with Gasteiger partial charge in [-0.2, -0.15) is 31.8 Å². The first-order valence-corrected chi connectivity index (χ1v) is 11.6. The van der Waals surface area contributed by atoms with Crippen LogP contribution in [0.5, 0.6) is 0 Å². The molecule has 1 unspecified atom stereocenters. The summed E-state index contributed by atoms with van der Waals surface area (Å²) in [6.45, 7) is 0.917. The normalized spacial score (nSPS) is 16.1. The average molecular weight is 590 g/mol. The Kier molecular flexibility index (Phi) is 7.69. The van der Waals surface area contributed by atoms with Crippen molar-refractivity contribution in [1.29, 1.82) is 0 Å². The van der Waals surface area contributed by atoms with Gasteiger partial charge < -0.3 is 10.6 Å². The number of alkyl halides is 6. The molecule has 3 aromatic heterocycles. The lowest BCUT2D eigenvalue weighted by Crippen LogP contribution is -2.35. The third-order valence-corrected chi connectivity index (χ3v) is 5.89. The Bertz CT molecular complexity index is 1530. The van der Waals surface area contributed by atoms with Crippen molar-refractivity contribution in [3.8, 4) is 5.82 Å². The van der Waals surface area contributed by atoms with Crippen molar-refractivity contribution in [1.82, 2.24) is 45.6 Å². The maximum absolute atomic E-state index is 14.1. The van der Waals surface area contributed by atoms with Crippen LogP contribution in [0.25, 0.3) is 5.82 Å². The van der Waals surface area contributed by atoms with E-state index in [2.05, 4.69) is 36.1 Å². The number of hydrogen-bond acceptors (Lipinski definition) is 7. The summed E-state index contributed by atoms with van der Waals surface area (Å²) < 4.78 is 80.3. The first kappa shape index (κ1) is 28.7. The highest BCUT2D eigenvalue weighted by Crippen LogP contribution is 2.41. The molecule has 0 saturated heterocycles. The molecule has 212 valence electrons. The highest BCUT2D eigenvalue weighted by atomic mass is 35.5. The first-order valence-electron chi connectivity index (χ1n) is 11.2. The second-order valence-corrected chi connectivity index (χ2v) is 8.82. The van der Waals surface area contributed by atoms with E-state index in [0.29, 0.717) is 4.80 Å². The number of tetrazole rings is 1. The SMILES string of the molecule is CNC(=O)C1=C(NC(=O)c2cc(Cn3nnc(C(F)(F)C(F)(F)F)n3)nn2-c2ncccc2Cl)C(C)=CC(F)C1. The van der Waals surface area contributed by atoms with E-state index in [1.54, 1.807) is 0 Å². The summed E-state index contributed by atoms with van der Waals surface area (Å²) >= 11 is 6.22. The number of nitrogens with one attached hydrogen (secondary N) is 2. The fraction of sp³-hybridized carbons (Fsp3) is 0.318. The van der Waals surface area contributed by atoms with Crippen molar-refractivity contribution < 1.29 is 35.9 Å². The van der Waals surface area contributed by atoms with Gasteiger partial charge in [-0.05, 0) is 42.0 Å². The van der Waals surface area contributed by atoms with Crippen LogP contribution in [0.15, 0.2) is 47.3 Å². The predicted molar refractivity (Wildman–Crippen MR) is 125 cm³/mol. The van der Waals surface area contributed by atoms with E-state index < -0.39 is 42.5 Å². The monoisotopic (exact) mass is 589 g/mol. The zero-order valence-electron chi connectivity index (χ0n) is 20.5. The van der Waals surface area contributed by atoms with E-state index in [9.17, 15) is 35.9 Å². The lowest BCUT2D eigenvalue weighted by molar-refractivity contribution is -0.292. The Morgan fingerprint density at radius 3 is 2.55 bits per heavy atom. The van der Waals surface area contributed by atoms with Crippen molar-refractivity contribution >= 4 is 23.4 Å². The van der Waals surface area contributed by atoms with Gasteiger partial charge in [0.2, 0.25) is 5.91 Å². The minimum absolute atomic E-state index is 0.0181. The van der Waals surface area contributed by atoms with Crippen molar-refractivity contribution in [2.24, 2.45) is 0 Å². The van der Waals surface area contributed by atoms with Gasteiger partial charge in [0, 0.05) is 25.2 Å². The molecule has 0 fully saturated rings. The van der Waals surface area contributed by atoms with Crippen molar-refractivity contribution in [2.45, 2.75) is 38.2 Å². The molecule has 0 aromatic carbocycles. The molecular formula is C22H18ClF6N9O2. The highest BCUT2D eigenvalue weighted by molar-refractivity contribution is 6.32. The lowest BCUT2D eigenvalue weighted by Gasteiger charge is -2.22. The van der Waals surface area contributed by atoms with Gasteiger partial charge in [0.25, 0.3) is 11.7 Å². The van der Waals surface area contributed by atoms with Crippen LogP contribution in [0.2, 0.25) is 5.02 Å². The molecule has 1 aliphatic rings. The van der Waals surface area contributed by atoms with Gasteiger partial charge in [0.05, 0.1) is 16.4 Å². The number of carbonyl (C=O) groups is 2. The molecule has 4 rings (SSSR count). The summed E-state index contributed by atoms with van der Waals surface area (Å²) in [6, 6.07) is 4.10. The molecule has 0 radical (unpaired) electrons. The maximum Gasteiger partial charge on any atom is 0.461 e. The molecule has 40 heavy (non-hydrogen) atoms. The zero-order valence-corrected chi connectivity index (χ0v) is 21.2. The molecule has 2 amide bonds. The molecule has 0 spiro atoms. The van der Waals surface area contributed by atoms with E-state index >= 15 is 0 Å². The van der Waals surface area contributed by atoms with Gasteiger partial charge >= 0.3 is 12.1 Å². The number of halogens is 7. The number of nitrogens with zero attached hydrogens (tertiary/aromatic N) is 7. The Morgan fingerprint density at radius 1 is 1.18 bits per heavy atom. The second-order valence-electron chi connectivity index (χ2n) is 8.41. The van der Waals surface area contributed by atoms with E-state index in [4.69, 9.17) is 11.6 Å². The number of pyridine rings is 1. The Hall–Kier alpha value is -4.28. The number of likely N-dealkylation sites (N-methyl/N-ethyl adjacent to an activating group) is 1. The van der Waals surface area contributed by atoms with Crippen LogP contribution < -0.4 is 10.6 Å². The number of amides is 2. The van der Waals surface area contributed by atoms with Gasteiger partial charge in [-0.25, -0.2) is 14.1 Å². The fourth-order valence-electron chi connectivity index (χ4n) is 3.73. The van der Waals surface area contributed by atoms with Crippen molar-refractivity contribution in [2.75, 3.05) is 7.05 Å². The molecule has 0 aliphatic heterocycles. The van der Waals surface area contributed by atoms with Crippen LogP contribution >= 0.6 is 11.6 Å². The van der Waals surface area contributed by atoms with Crippen molar-refractivity contribution in [3.63, 3.8) is 0 Å². The molecule has 3 aromatic rings. The number of carbonyl (C=O) groups excluding carboxylic acids is 2. The van der Waals surface area contributed by atoms with Gasteiger partial charge in [-0.3, -0.25) is 9.59 Å². The average Bonchev–Trinajstić information content (AvgIpc) is 3.52. The first-order chi connectivity index (χ1) is 18.7. The molecule has 11 nitrogen and oxygen atoms in total. The zero-order chi connectivity index (χ0) is 29.4. The minimum atomic E-state index is -5.94. The molecule has 18 heteroatoms. The lowest BCUT2D eigenvalue weighted by atomic mass is 9.94. The van der Waals surface area contributed by atoms with Crippen LogP contribution in [-0.4, -0.2) is 66.2 Å². The molecule has 1 atom stereocenters. The van der Waals surface area contributed by atoms with Gasteiger partial charge in [-0.15, -0.1) is 10.2 Å². The number of aromatic nitrogens is 7. The topological polar surface area (TPSA) is 133 Å². The minimum Gasteiger partial charge on any atom is -0.355 e. The number of rotatable bonds is 7. The Balaban J connectivity index is 1.72. The summed E-state index contributed by atoms with van der Waals surface area (Å²) in [5.41, 5.74) is 0.00624. The van der Waals surface area contributed by atoms with E-state index in [0.717, 1.165) is 10.7 Å². The van der Waals surface area contributed by atoms with Crippen LogP contribution in [0.1, 0.15) is 35.4 Å².